The second-order valence-corrected chi connectivity index (χ2v) is 6.11. The number of anilines is 2. The lowest BCUT2D eigenvalue weighted by Crippen LogP contribution is -2.09. The molecule has 1 N–H and O–H groups in total. The molecule has 0 atom stereocenters. The van der Waals surface area contributed by atoms with Gasteiger partial charge in [-0.15, -0.1) is 5.10 Å². The lowest BCUT2D eigenvalue weighted by Gasteiger charge is -2.13. The van der Waals surface area contributed by atoms with Crippen LogP contribution in [0.2, 0.25) is 0 Å². The first-order valence-electron chi connectivity index (χ1n) is 7.17. The average molecular weight is 373 g/mol. The SMILES string of the molecule is CN(C)c1ccnc(NCc2cn(-c3ccccc3Br)nn2)c1. The number of hydrogen-bond donors (Lipinski definition) is 1. The van der Waals surface area contributed by atoms with E-state index in [0.717, 1.165) is 27.4 Å². The van der Waals surface area contributed by atoms with Gasteiger partial charge in [-0.2, -0.15) is 0 Å². The van der Waals surface area contributed by atoms with Crippen LogP contribution in [-0.4, -0.2) is 34.1 Å². The molecule has 2 heterocycles. The number of pyridine rings is 1. The molecular formula is C16H17BrN6. The number of hydrogen-bond acceptors (Lipinski definition) is 5. The molecule has 0 unspecified atom stereocenters. The topological polar surface area (TPSA) is 58.9 Å². The summed E-state index contributed by atoms with van der Waals surface area (Å²) < 4.78 is 2.73. The number of aromatic nitrogens is 4. The zero-order chi connectivity index (χ0) is 16.2. The van der Waals surface area contributed by atoms with Crippen LogP contribution < -0.4 is 10.2 Å². The van der Waals surface area contributed by atoms with Crippen LogP contribution in [0.5, 0.6) is 0 Å². The van der Waals surface area contributed by atoms with E-state index in [1.54, 1.807) is 10.9 Å². The summed E-state index contributed by atoms with van der Waals surface area (Å²) in [6, 6.07) is 11.9. The first-order chi connectivity index (χ1) is 11.1. The molecule has 0 bridgehead atoms. The molecule has 0 aliphatic heterocycles. The van der Waals surface area contributed by atoms with Gasteiger partial charge in [0, 0.05) is 36.5 Å². The van der Waals surface area contributed by atoms with Crippen molar-refractivity contribution in [2.45, 2.75) is 6.54 Å². The first-order valence-corrected chi connectivity index (χ1v) is 7.96. The maximum atomic E-state index is 4.32. The first kappa shape index (κ1) is 15.5. The fourth-order valence-corrected chi connectivity index (χ4v) is 2.58. The summed E-state index contributed by atoms with van der Waals surface area (Å²) in [5, 5.41) is 11.6. The van der Waals surface area contributed by atoms with Crippen LogP contribution >= 0.6 is 15.9 Å². The van der Waals surface area contributed by atoms with E-state index in [1.165, 1.54) is 0 Å². The van der Waals surface area contributed by atoms with Crippen LogP contribution in [0.4, 0.5) is 11.5 Å². The highest BCUT2D eigenvalue weighted by molar-refractivity contribution is 9.10. The van der Waals surface area contributed by atoms with Crippen molar-refractivity contribution >= 4 is 27.4 Å². The fraction of sp³-hybridized carbons (Fsp3) is 0.188. The quantitative estimate of drug-likeness (QED) is 0.745. The van der Waals surface area contributed by atoms with Gasteiger partial charge in [0.1, 0.15) is 11.5 Å². The van der Waals surface area contributed by atoms with Crippen LogP contribution in [0, 0.1) is 0 Å². The normalized spacial score (nSPS) is 10.6. The van der Waals surface area contributed by atoms with Crippen molar-refractivity contribution in [3.05, 3.63) is 59.0 Å². The zero-order valence-electron chi connectivity index (χ0n) is 12.9. The Hall–Kier alpha value is -2.41. The lowest BCUT2D eigenvalue weighted by atomic mass is 10.3. The Morgan fingerprint density at radius 2 is 2.04 bits per heavy atom. The van der Waals surface area contributed by atoms with Crippen LogP contribution in [0.15, 0.2) is 53.3 Å². The summed E-state index contributed by atoms with van der Waals surface area (Å²) >= 11 is 3.52. The lowest BCUT2D eigenvalue weighted by molar-refractivity contribution is 0.795. The van der Waals surface area contributed by atoms with Crippen LogP contribution in [0.1, 0.15) is 5.69 Å². The van der Waals surface area contributed by atoms with Gasteiger partial charge in [0.2, 0.25) is 0 Å². The highest BCUT2D eigenvalue weighted by Gasteiger charge is 2.06. The molecular weight excluding hydrogens is 356 g/mol. The number of rotatable bonds is 5. The van der Waals surface area contributed by atoms with Gasteiger partial charge >= 0.3 is 0 Å². The fourth-order valence-electron chi connectivity index (χ4n) is 2.11. The minimum Gasteiger partial charge on any atom is -0.378 e. The van der Waals surface area contributed by atoms with Crippen molar-refractivity contribution in [2.24, 2.45) is 0 Å². The third-order valence-electron chi connectivity index (χ3n) is 3.35. The van der Waals surface area contributed by atoms with Crippen LogP contribution in [-0.2, 0) is 6.54 Å². The highest BCUT2D eigenvalue weighted by Crippen LogP contribution is 2.20. The van der Waals surface area contributed by atoms with Gasteiger partial charge < -0.3 is 10.2 Å². The van der Waals surface area contributed by atoms with E-state index < -0.39 is 0 Å². The zero-order valence-corrected chi connectivity index (χ0v) is 14.5. The Labute approximate surface area is 143 Å². The van der Waals surface area contributed by atoms with Crippen LogP contribution in [0.3, 0.4) is 0 Å². The van der Waals surface area contributed by atoms with Crippen LogP contribution in [0.25, 0.3) is 5.69 Å². The molecule has 3 rings (SSSR count). The van der Waals surface area contributed by atoms with E-state index in [2.05, 4.69) is 36.5 Å². The molecule has 0 aliphatic rings. The van der Waals surface area contributed by atoms with Gasteiger partial charge in [0.25, 0.3) is 0 Å². The summed E-state index contributed by atoms with van der Waals surface area (Å²) in [6.45, 7) is 0.564. The standard InChI is InChI=1S/C16H17BrN6/c1-22(2)13-7-8-18-16(9-13)19-10-12-11-23(21-20-12)15-6-4-3-5-14(15)17/h3-9,11H,10H2,1-2H3,(H,18,19). The number of nitrogens with one attached hydrogen (secondary N) is 1. The van der Waals surface area contributed by atoms with Gasteiger partial charge in [0.05, 0.1) is 18.4 Å². The third kappa shape index (κ3) is 3.68. The van der Waals surface area contributed by atoms with E-state index in [9.17, 15) is 0 Å². The molecule has 0 spiro atoms. The molecule has 6 nitrogen and oxygen atoms in total. The van der Waals surface area contributed by atoms with Gasteiger partial charge in [-0.05, 0) is 34.1 Å². The van der Waals surface area contributed by atoms with E-state index >= 15 is 0 Å². The predicted octanol–water partition coefficient (Wildman–Crippen LogP) is 3.10. The Balaban J connectivity index is 1.70. The van der Waals surface area contributed by atoms with Crippen molar-refractivity contribution in [1.82, 2.24) is 20.0 Å². The molecule has 1 aromatic carbocycles. The summed E-state index contributed by atoms with van der Waals surface area (Å²) in [4.78, 5) is 6.35. The third-order valence-corrected chi connectivity index (χ3v) is 4.02. The maximum absolute atomic E-state index is 4.32. The van der Waals surface area contributed by atoms with Crippen molar-refractivity contribution < 1.29 is 0 Å². The Morgan fingerprint density at radius 3 is 2.83 bits per heavy atom. The van der Waals surface area contributed by atoms with E-state index in [-0.39, 0.29) is 0 Å². The largest absolute Gasteiger partial charge is 0.378 e. The van der Waals surface area contributed by atoms with Gasteiger partial charge in [0.15, 0.2) is 0 Å². The highest BCUT2D eigenvalue weighted by atomic mass is 79.9. The summed E-state index contributed by atoms with van der Waals surface area (Å²) in [5.74, 6) is 0.812. The second kappa shape index (κ2) is 6.78. The smallest absolute Gasteiger partial charge is 0.128 e. The van der Waals surface area contributed by atoms with Crippen molar-refractivity contribution in [1.29, 1.82) is 0 Å². The van der Waals surface area contributed by atoms with Gasteiger partial charge in [-0.25, -0.2) is 9.67 Å². The molecule has 2 aromatic heterocycles. The minimum atomic E-state index is 0.564. The molecule has 0 aliphatic carbocycles. The Bertz CT molecular complexity index is 799. The average Bonchev–Trinajstić information content (AvgIpc) is 3.02. The summed E-state index contributed by atoms with van der Waals surface area (Å²) in [6.07, 6.45) is 3.69. The van der Waals surface area contributed by atoms with Gasteiger partial charge in [-0.1, -0.05) is 17.3 Å². The van der Waals surface area contributed by atoms with Crippen molar-refractivity contribution in [3.8, 4) is 5.69 Å². The van der Waals surface area contributed by atoms with E-state index in [1.807, 2.05) is 61.6 Å². The molecule has 0 saturated heterocycles. The van der Waals surface area contributed by atoms with E-state index in [0.29, 0.717) is 6.54 Å². The number of benzene rings is 1. The predicted molar refractivity (Wildman–Crippen MR) is 94.9 cm³/mol. The summed E-state index contributed by atoms with van der Waals surface area (Å²) in [5.41, 5.74) is 2.90. The molecule has 23 heavy (non-hydrogen) atoms. The molecule has 0 fully saturated rings. The van der Waals surface area contributed by atoms with Gasteiger partial charge in [-0.3, -0.25) is 0 Å². The number of para-hydroxylation sites is 1. The molecule has 7 heteroatoms. The summed E-state index contributed by atoms with van der Waals surface area (Å²) in [7, 11) is 4.00. The molecule has 118 valence electrons. The molecule has 0 radical (unpaired) electrons. The maximum Gasteiger partial charge on any atom is 0.128 e. The number of halogens is 1. The number of nitrogens with zero attached hydrogens (tertiary/aromatic N) is 5. The molecule has 3 aromatic rings. The van der Waals surface area contributed by atoms with E-state index in [4.69, 9.17) is 0 Å². The Kier molecular flexibility index (Phi) is 4.57. The Morgan fingerprint density at radius 1 is 1.22 bits per heavy atom. The monoisotopic (exact) mass is 372 g/mol. The molecule has 0 saturated carbocycles. The second-order valence-electron chi connectivity index (χ2n) is 5.25. The van der Waals surface area contributed by atoms with Crippen molar-refractivity contribution in [2.75, 3.05) is 24.3 Å². The molecule has 0 amide bonds. The van der Waals surface area contributed by atoms with Crippen molar-refractivity contribution in [3.63, 3.8) is 0 Å². The minimum absolute atomic E-state index is 0.564.